The number of nitrogens with one attached hydrogen (secondary N) is 2. The Labute approximate surface area is 115 Å². The lowest BCUT2D eigenvalue weighted by Gasteiger charge is -2.12. The first-order valence-corrected chi connectivity index (χ1v) is 6.91. The largest absolute Gasteiger partial charge is 0.494 e. The maximum Gasteiger partial charge on any atom is 0.225 e. The molecule has 19 heavy (non-hydrogen) atoms. The van der Waals surface area contributed by atoms with Gasteiger partial charge in [-0.15, -0.1) is 0 Å². The molecule has 1 aromatic carbocycles. The Kier molecular flexibility index (Phi) is 6.97. The lowest BCUT2D eigenvalue weighted by Crippen LogP contribution is -2.30. The maximum absolute atomic E-state index is 11.8. The van der Waals surface area contributed by atoms with Gasteiger partial charge in [-0.1, -0.05) is 13.8 Å². The van der Waals surface area contributed by atoms with Gasteiger partial charge in [0, 0.05) is 18.2 Å². The quantitative estimate of drug-likeness (QED) is 0.759. The molecule has 0 saturated carbocycles. The number of rotatable bonds is 8. The van der Waals surface area contributed by atoms with Crippen molar-refractivity contribution >= 4 is 11.6 Å². The van der Waals surface area contributed by atoms with Crippen LogP contribution in [0.2, 0.25) is 0 Å². The van der Waals surface area contributed by atoms with Crippen molar-refractivity contribution in [2.75, 3.05) is 18.5 Å². The van der Waals surface area contributed by atoms with Crippen molar-refractivity contribution in [2.24, 2.45) is 0 Å². The Morgan fingerprint density at radius 3 is 2.53 bits per heavy atom. The summed E-state index contributed by atoms with van der Waals surface area (Å²) in [6.07, 6.45) is 1.46. The molecule has 1 atom stereocenters. The number of hydrogen-bond acceptors (Lipinski definition) is 3. The van der Waals surface area contributed by atoms with Gasteiger partial charge < -0.3 is 15.4 Å². The smallest absolute Gasteiger partial charge is 0.225 e. The van der Waals surface area contributed by atoms with Crippen LogP contribution in [0.25, 0.3) is 0 Å². The number of anilines is 1. The van der Waals surface area contributed by atoms with Crippen LogP contribution in [0.3, 0.4) is 0 Å². The molecule has 1 unspecified atom stereocenters. The molecule has 0 radical (unpaired) electrons. The molecule has 0 aromatic heterocycles. The Bertz CT molecular complexity index is 376. The molecule has 1 rings (SSSR count). The first-order chi connectivity index (χ1) is 9.15. The Balaban J connectivity index is 2.42. The molecule has 1 amide bonds. The molecule has 0 saturated heterocycles. The van der Waals surface area contributed by atoms with Gasteiger partial charge in [0.25, 0.3) is 0 Å². The predicted molar refractivity (Wildman–Crippen MR) is 78.6 cm³/mol. The fourth-order valence-electron chi connectivity index (χ4n) is 1.77. The average molecular weight is 264 g/mol. The number of hydrogen-bond donors (Lipinski definition) is 2. The van der Waals surface area contributed by atoms with E-state index >= 15 is 0 Å². The third-order valence-electron chi connectivity index (χ3n) is 2.66. The molecule has 1 aromatic rings. The molecule has 106 valence electrons. The molecule has 0 fully saturated rings. The van der Waals surface area contributed by atoms with Crippen LogP contribution in [0.4, 0.5) is 5.69 Å². The summed E-state index contributed by atoms with van der Waals surface area (Å²) >= 11 is 0. The maximum atomic E-state index is 11.8. The van der Waals surface area contributed by atoms with Crippen LogP contribution in [0.5, 0.6) is 5.75 Å². The van der Waals surface area contributed by atoms with Crippen molar-refractivity contribution in [3.05, 3.63) is 24.3 Å². The van der Waals surface area contributed by atoms with Crippen molar-refractivity contribution in [2.45, 2.75) is 39.7 Å². The van der Waals surface area contributed by atoms with Crippen molar-refractivity contribution in [1.29, 1.82) is 0 Å². The van der Waals surface area contributed by atoms with Crippen LogP contribution in [-0.2, 0) is 4.79 Å². The van der Waals surface area contributed by atoms with E-state index in [1.54, 1.807) is 0 Å². The van der Waals surface area contributed by atoms with E-state index in [9.17, 15) is 4.79 Å². The van der Waals surface area contributed by atoms with E-state index < -0.39 is 0 Å². The molecular weight excluding hydrogens is 240 g/mol. The van der Waals surface area contributed by atoms with Crippen LogP contribution < -0.4 is 15.4 Å². The van der Waals surface area contributed by atoms with Gasteiger partial charge in [-0.2, -0.15) is 0 Å². The minimum absolute atomic E-state index is 0.0238. The highest BCUT2D eigenvalue weighted by molar-refractivity contribution is 5.91. The number of carbonyl (C=O) groups is 1. The zero-order valence-corrected chi connectivity index (χ0v) is 12.0. The Morgan fingerprint density at radius 2 is 1.95 bits per heavy atom. The van der Waals surface area contributed by atoms with Crippen LogP contribution in [-0.4, -0.2) is 25.1 Å². The van der Waals surface area contributed by atoms with Gasteiger partial charge in [-0.3, -0.25) is 4.79 Å². The SMILES string of the molecule is CCCOc1ccc(NC(=O)CC(C)NCC)cc1. The summed E-state index contributed by atoms with van der Waals surface area (Å²) in [6.45, 7) is 7.69. The molecule has 0 aliphatic carbocycles. The van der Waals surface area contributed by atoms with E-state index in [2.05, 4.69) is 17.6 Å². The van der Waals surface area contributed by atoms with Crippen molar-refractivity contribution in [3.63, 3.8) is 0 Å². The minimum Gasteiger partial charge on any atom is -0.494 e. The third kappa shape index (κ3) is 6.25. The Morgan fingerprint density at radius 1 is 1.26 bits per heavy atom. The van der Waals surface area contributed by atoms with Gasteiger partial charge in [-0.25, -0.2) is 0 Å². The van der Waals surface area contributed by atoms with Gasteiger partial charge in [0.2, 0.25) is 5.91 Å². The van der Waals surface area contributed by atoms with E-state index in [1.807, 2.05) is 38.1 Å². The fraction of sp³-hybridized carbons (Fsp3) is 0.533. The molecule has 0 bridgehead atoms. The van der Waals surface area contributed by atoms with Crippen LogP contribution in [0.1, 0.15) is 33.6 Å². The molecule has 0 aliphatic heterocycles. The Hall–Kier alpha value is -1.55. The average Bonchev–Trinajstić information content (AvgIpc) is 2.38. The van der Waals surface area contributed by atoms with Crippen molar-refractivity contribution in [1.82, 2.24) is 5.32 Å². The molecule has 0 aliphatic rings. The lowest BCUT2D eigenvalue weighted by molar-refractivity contribution is -0.116. The number of benzene rings is 1. The lowest BCUT2D eigenvalue weighted by atomic mass is 10.2. The third-order valence-corrected chi connectivity index (χ3v) is 2.66. The second kappa shape index (κ2) is 8.53. The van der Waals surface area contributed by atoms with E-state index in [4.69, 9.17) is 4.74 Å². The monoisotopic (exact) mass is 264 g/mol. The highest BCUT2D eigenvalue weighted by atomic mass is 16.5. The summed E-state index contributed by atoms with van der Waals surface area (Å²) in [5, 5.41) is 6.09. The fourth-order valence-corrected chi connectivity index (χ4v) is 1.77. The minimum atomic E-state index is 0.0238. The summed E-state index contributed by atoms with van der Waals surface area (Å²) in [4.78, 5) is 11.8. The second-order valence-electron chi connectivity index (χ2n) is 4.58. The van der Waals surface area contributed by atoms with Gasteiger partial charge in [0.1, 0.15) is 5.75 Å². The number of carbonyl (C=O) groups excluding carboxylic acids is 1. The summed E-state index contributed by atoms with van der Waals surface area (Å²) < 4.78 is 5.49. The zero-order chi connectivity index (χ0) is 14.1. The summed E-state index contributed by atoms with van der Waals surface area (Å²) in [6, 6.07) is 7.66. The van der Waals surface area contributed by atoms with E-state index in [1.165, 1.54) is 0 Å². The van der Waals surface area contributed by atoms with Gasteiger partial charge >= 0.3 is 0 Å². The molecule has 0 heterocycles. The first-order valence-electron chi connectivity index (χ1n) is 6.91. The van der Waals surface area contributed by atoms with E-state index in [0.29, 0.717) is 13.0 Å². The van der Waals surface area contributed by atoms with Crippen LogP contribution >= 0.6 is 0 Å². The van der Waals surface area contributed by atoms with Gasteiger partial charge in [-0.05, 0) is 44.2 Å². The number of ether oxygens (including phenoxy) is 1. The molecule has 4 heteroatoms. The molecule has 0 spiro atoms. The second-order valence-corrected chi connectivity index (χ2v) is 4.58. The van der Waals surface area contributed by atoms with Gasteiger partial charge in [0.15, 0.2) is 0 Å². The van der Waals surface area contributed by atoms with Gasteiger partial charge in [0.05, 0.1) is 6.61 Å². The molecular formula is C15H24N2O2. The first kappa shape index (κ1) is 15.5. The molecule has 4 nitrogen and oxygen atoms in total. The highest BCUT2D eigenvalue weighted by Gasteiger charge is 2.08. The summed E-state index contributed by atoms with van der Waals surface area (Å²) in [7, 11) is 0. The summed E-state index contributed by atoms with van der Waals surface area (Å²) in [5.74, 6) is 0.858. The standard InChI is InChI=1S/C15H24N2O2/c1-4-10-19-14-8-6-13(7-9-14)17-15(18)11-12(3)16-5-2/h6-9,12,16H,4-5,10-11H2,1-3H3,(H,17,18). The van der Waals surface area contributed by atoms with E-state index in [-0.39, 0.29) is 11.9 Å². The highest BCUT2D eigenvalue weighted by Crippen LogP contribution is 2.16. The predicted octanol–water partition coefficient (Wildman–Crippen LogP) is 2.80. The van der Waals surface area contributed by atoms with E-state index in [0.717, 1.165) is 24.4 Å². The van der Waals surface area contributed by atoms with Crippen LogP contribution in [0, 0.1) is 0 Å². The van der Waals surface area contributed by atoms with Crippen molar-refractivity contribution < 1.29 is 9.53 Å². The molecule has 2 N–H and O–H groups in total. The zero-order valence-electron chi connectivity index (χ0n) is 12.0. The number of amides is 1. The van der Waals surface area contributed by atoms with Crippen molar-refractivity contribution in [3.8, 4) is 5.75 Å². The topological polar surface area (TPSA) is 50.4 Å². The van der Waals surface area contributed by atoms with Crippen LogP contribution in [0.15, 0.2) is 24.3 Å². The normalized spacial score (nSPS) is 11.9. The summed E-state index contributed by atoms with van der Waals surface area (Å²) in [5.41, 5.74) is 0.803.